The topological polar surface area (TPSA) is 66.5 Å². The molecule has 5 nitrogen and oxygen atoms in total. The number of likely N-dealkylation sites (tertiary alicyclic amines) is 1. The van der Waals surface area contributed by atoms with E-state index in [-0.39, 0.29) is 47.9 Å². The molecule has 0 spiro atoms. The Bertz CT molecular complexity index is 713. The molecule has 0 radical (unpaired) electrons. The van der Waals surface area contributed by atoms with Crippen LogP contribution < -0.4 is 5.32 Å². The number of rotatable bonds is 4. The number of allylic oxidation sites excluding steroid dienone is 2. The highest BCUT2D eigenvalue weighted by Gasteiger charge is 2.59. The summed E-state index contributed by atoms with van der Waals surface area (Å²) in [6.45, 7) is 0.142. The minimum atomic E-state index is -0.327. The van der Waals surface area contributed by atoms with Crippen molar-refractivity contribution in [2.45, 2.75) is 13.0 Å². The SMILES string of the molecule is O=C(CN1C(=O)C2C3C=CC(C3)C2C1=O)NCc1ccc(Cl)cc1. The molecule has 1 aromatic rings. The van der Waals surface area contributed by atoms with Gasteiger partial charge in [-0.1, -0.05) is 35.9 Å². The van der Waals surface area contributed by atoms with Crippen LogP contribution in [-0.4, -0.2) is 29.2 Å². The van der Waals surface area contributed by atoms with Gasteiger partial charge in [0, 0.05) is 11.6 Å². The van der Waals surface area contributed by atoms with Crippen LogP contribution in [0.2, 0.25) is 5.02 Å². The van der Waals surface area contributed by atoms with Crippen LogP contribution in [0.25, 0.3) is 0 Å². The summed E-state index contributed by atoms with van der Waals surface area (Å²) in [6, 6.07) is 7.14. The van der Waals surface area contributed by atoms with Crippen LogP contribution in [0.1, 0.15) is 12.0 Å². The monoisotopic (exact) mass is 344 g/mol. The molecule has 4 atom stereocenters. The van der Waals surface area contributed by atoms with E-state index in [9.17, 15) is 14.4 Å². The number of fused-ring (bicyclic) bond motifs is 5. The molecule has 2 fully saturated rings. The van der Waals surface area contributed by atoms with Crippen LogP contribution in [0.4, 0.5) is 0 Å². The van der Waals surface area contributed by atoms with E-state index in [0.717, 1.165) is 16.9 Å². The Balaban J connectivity index is 1.37. The van der Waals surface area contributed by atoms with Gasteiger partial charge < -0.3 is 5.32 Å². The summed E-state index contributed by atoms with van der Waals surface area (Å²) in [4.78, 5) is 38.3. The van der Waals surface area contributed by atoms with Gasteiger partial charge in [-0.15, -0.1) is 0 Å². The number of carbonyl (C=O) groups excluding carboxylic acids is 3. The third kappa shape index (κ3) is 2.44. The summed E-state index contributed by atoms with van der Waals surface area (Å²) in [7, 11) is 0. The van der Waals surface area contributed by atoms with Crippen molar-refractivity contribution >= 4 is 29.3 Å². The lowest BCUT2D eigenvalue weighted by Crippen LogP contribution is -2.41. The molecule has 1 saturated heterocycles. The van der Waals surface area contributed by atoms with Gasteiger partial charge in [0.2, 0.25) is 17.7 Å². The zero-order valence-corrected chi connectivity index (χ0v) is 13.7. The van der Waals surface area contributed by atoms with Crippen molar-refractivity contribution < 1.29 is 14.4 Å². The number of carbonyl (C=O) groups is 3. The van der Waals surface area contributed by atoms with Crippen LogP contribution >= 0.6 is 11.6 Å². The lowest BCUT2D eigenvalue weighted by Gasteiger charge is -2.16. The van der Waals surface area contributed by atoms with Crippen LogP contribution in [0.15, 0.2) is 36.4 Å². The smallest absolute Gasteiger partial charge is 0.240 e. The summed E-state index contributed by atoms with van der Waals surface area (Å²) >= 11 is 5.82. The number of hydrogen-bond acceptors (Lipinski definition) is 3. The number of halogens is 1. The van der Waals surface area contributed by atoms with E-state index in [4.69, 9.17) is 11.6 Å². The molecule has 3 amide bonds. The minimum Gasteiger partial charge on any atom is -0.350 e. The summed E-state index contributed by atoms with van der Waals surface area (Å²) < 4.78 is 0. The first-order valence-electron chi connectivity index (χ1n) is 8.09. The maximum absolute atomic E-state index is 12.5. The summed E-state index contributed by atoms with van der Waals surface area (Å²) in [5.74, 6) is -0.885. The Kier molecular flexibility index (Phi) is 3.68. The average molecular weight is 345 g/mol. The zero-order chi connectivity index (χ0) is 16.8. The van der Waals surface area contributed by atoms with Crippen molar-refractivity contribution in [3.8, 4) is 0 Å². The first kappa shape index (κ1) is 15.4. The van der Waals surface area contributed by atoms with E-state index in [1.165, 1.54) is 0 Å². The second kappa shape index (κ2) is 5.74. The molecular formula is C18H17ClN2O3. The highest BCUT2D eigenvalue weighted by molar-refractivity contribution is 6.30. The highest BCUT2D eigenvalue weighted by atomic mass is 35.5. The molecule has 124 valence electrons. The fourth-order valence-electron chi connectivity index (χ4n) is 4.12. The maximum Gasteiger partial charge on any atom is 0.240 e. The molecule has 0 aromatic heterocycles. The van der Waals surface area contributed by atoms with Crippen molar-refractivity contribution in [1.29, 1.82) is 0 Å². The molecule has 3 aliphatic rings. The predicted molar refractivity (Wildman–Crippen MR) is 87.7 cm³/mol. The van der Waals surface area contributed by atoms with Gasteiger partial charge in [-0.25, -0.2) is 0 Å². The molecule has 24 heavy (non-hydrogen) atoms. The molecule has 6 heteroatoms. The molecule has 1 heterocycles. The quantitative estimate of drug-likeness (QED) is 0.668. The van der Waals surface area contributed by atoms with E-state index >= 15 is 0 Å². The second-order valence-electron chi connectivity index (χ2n) is 6.67. The molecule has 4 unspecified atom stereocenters. The van der Waals surface area contributed by atoms with Gasteiger partial charge in [0.25, 0.3) is 0 Å². The standard InChI is InChI=1S/C18H17ClN2O3/c19-13-5-1-10(2-6-13)8-20-14(22)9-21-17(23)15-11-3-4-12(7-11)16(15)18(21)24/h1-6,11-12,15-16H,7-9H2,(H,20,22). The Hall–Kier alpha value is -2.14. The molecule has 4 rings (SSSR count). The van der Waals surface area contributed by atoms with Crippen molar-refractivity contribution in [3.05, 3.63) is 47.0 Å². The molecule has 1 aliphatic heterocycles. The molecule has 2 aliphatic carbocycles. The largest absolute Gasteiger partial charge is 0.350 e. The second-order valence-corrected chi connectivity index (χ2v) is 7.10. The lowest BCUT2D eigenvalue weighted by molar-refractivity contribution is -0.144. The number of imide groups is 1. The Morgan fingerprint density at radius 3 is 2.25 bits per heavy atom. The summed E-state index contributed by atoms with van der Waals surface area (Å²) in [5, 5.41) is 3.38. The fourth-order valence-corrected chi connectivity index (χ4v) is 4.25. The predicted octanol–water partition coefficient (Wildman–Crippen LogP) is 1.76. The number of benzene rings is 1. The molecular weight excluding hydrogens is 328 g/mol. The third-order valence-corrected chi connectivity index (χ3v) is 5.52. The van der Waals surface area contributed by atoms with Crippen molar-refractivity contribution in [2.75, 3.05) is 6.54 Å². The average Bonchev–Trinajstić information content (AvgIpc) is 3.24. The number of hydrogen-bond donors (Lipinski definition) is 1. The van der Waals surface area contributed by atoms with Crippen LogP contribution in [0, 0.1) is 23.7 Å². The van der Waals surface area contributed by atoms with Crippen molar-refractivity contribution in [1.82, 2.24) is 10.2 Å². The Morgan fingerprint density at radius 2 is 1.67 bits per heavy atom. The van der Waals surface area contributed by atoms with Crippen molar-refractivity contribution in [2.24, 2.45) is 23.7 Å². The molecule has 2 bridgehead atoms. The molecule has 1 saturated carbocycles. The normalized spacial score (nSPS) is 30.1. The van der Waals surface area contributed by atoms with Crippen molar-refractivity contribution in [3.63, 3.8) is 0 Å². The first-order chi connectivity index (χ1) is 11.5. The zero-order valence-electron chi connectivity index (χ0n) is 12.9. The van der Waals surface area contributed by atoms with E-state index in [1.807, 2.05) is 24.3 Å². The van der Waals surface area contributed by atoms with E-state index in [1.54, 1.807) is 12.1 Å². The number of nitrogens with zero attached hydrogens (tertiary/aromatic N) is 1. The Labute approximate surface area is 144 Å². The lowest BCUT2D eigenvalue weighted by atomic mass is 9.85. The fraction of sp³-hybridized carbons (Fsp3) is 0.389. The van der Waals surface area contributed by atoms with Gasteiger partial charge in [-0.3, -0.25) is 19.3 Å². The first-order valence-corrected chi connectivity index (χ1v) is 8.47. The third-order valence-electron chi connectivity index (χ3n) is 5.27. The van der Waals surface area contributed by atoms with E-state index in [2.05, 4.69) is 5.32 Å². The van der Waals surface area contributed by atoms with Crippen LogP contribution in [0.3, 0.4) is 0 Å². The summed E-state index contributed by atoms with van der Waals surface area (Å²) in [5.41, 5.74) is 0.908. The molecule has 1 aromatic carbocycles. The Morgan fingerprint density at radius 1 is 1.08 bits per heavy atom. The number of amides is 3. The van der Waals surface area contributed by atoms with Gasteiger partial charge in [0.15, 0.2) is 0 Å². The number of nitrogens with one attached hydrogen (secondary N) is 1. The highest BCUT2D eigenvalue weighted by Crippen LogP contribution is 2.52. The maximum atomic E-state index is 12.5. The molecule has 1 N–H and O–H groups in total. The van der Waals surface area contributed by atoms with Gasteiger partial charge in [-0.2, -0.15) is 0 Å². The van der Waals surface area contributed by atoms with Crippen LogP contribution in [0.5, 0.6) is 0 Å². The minimum absolute atomic E-state index is 0.165. The van der Waals surface area contributed by atoms with Gasteiger partial charge in [-0.05, 0) is 36.0 Å². The van der Waals surface area contributed by atoms with Gasteiger partial charge >= 0.3 is 0 Å². The van der Waals surface area contributed by atoms with Crippen LogP contribution in [-0.2, 0) is 20.9 Å². The van der Waals surface area contributed by atoms with Gasteiger partial charge in [0.1, 0.15) is 6.54 Å². The van der Waals surface area contributed by atoms with E-state index < -0.39 is 0 Å². The van der Waals surface area contributed by atoms with Gasteiger partial charge in [0.05, 0.1) is 11.8 Å². The van der Waals surface area contributed by atoms with E-state index in [0.29, 0.717) is 11.6 Å². The summed E-state index contributed by atoms with van der Waals surface area (Å²) in [6.07, 6.45) is 4.98.